The Morgan fingerprint density at radius 1 is 1.15 bits per heavy atom. The molecule has 3 amide bonds. The molecule has 8 nitrogen and oxygen atoms in total. The van der Waals surface area contributed by atoms with E-state index < -0.39 is 5.91 Å². The summed E-state index contributed by atoms with van der Waals surface area (Å²) in [7, 11) is 1.50. The minimum absolute atomic E-state index is 0.0785. The van der Waals surface area contributed by atoms with Crippen molar-refractivity contribution < 1.29 is 19.1 Å². The molecule has 0 saturated carbocycles. The van der Waals surface area contributed by atoms with Crippen molar-refractivity contribution in [1.82, 2.24) is 10.2 Å². The lowest BCUT2D eigenvalue weighted by atomic mass is 9.95. The summed E-state index contributed by atoms with van der Waals surface area (Å²) in [5.41, 5.74) is 15.3. The number of primary amides is 1. The largest absolute Gasteiger partial charge is 0.495 e. The van der Waals surface area contributed by atoms with E-state index in [9.17, 15) is 14.4 Å². The Labute approximate surface area is 197 Å². The molecule has 4 rings (SSSR count). The van der Waals surface area contributed by atoms with Crippen LogP contribution in [0.25, 0.3) is 21.9 Å². The molecule has 0 atom stereocenters. The fraction of sp³-hybridized carbons (Fsp3) is 0.192. The van der Waals surface area contributed by atoms with Crippen LogP contribution in [0.4, 0.5) is 5.69 Å². The summed E-state index contributed by atoms with van der Waals surface area (Å²) in [5.74, 6) is -0.672. The van der Waals surface area contributed by atoms with Crippen molar-refractivity contribution in [3.05, 3.63) is 71.3 Å². The van der Waals surface area contributed by atoms with Crippen LogP contribution in [0, 0.1) is 0 Å². The van der Waals surface area contributed by atoms with Crippen LogP contribution in [-0.4, -0.2) is 42.8 Å². The third-order valence-corrected chi connectivity index (χ3v) is 6.01. The summed E-state index contributed by atoms with van der Waals surface area (Å²) in [6.45, 7) is 6.40. The molecule has 3 aromatic rings. The van der Waals surface area contributed by atoms with Gasteiger partial charge in [0.15, 0.2) is 0 Å². The predicted molar refractivity (Wildman–Crippen MR) is 131 cm³/mol. The lowest BCUT2D eigenvalue weighted by molar-refractivity contribution is -0.114. The molecule has 1 aliphatic rings. The fourth-order valence-electron chi connectivity index (χ4n) is 4.21. The van der Waals surface area contributed by atoms with Crippen molar-refractivity contribution in [3.63, 3.8) is 0 Å². The Morgan fingerprint density at radius 3 is 2.56 bits per heavy atom. The van der Waals surface area contributed by atoms with Crippen LogP contribution in [0.2, 0.25) is 0 Å². The Bertz CT molecular complexity index is 1360. The molecule has 0 unspecified atom stereocenters. The van der Waals surface area contributed by atoms with E-state index in [2.05, 4.69) is 11.9 Å². The van der Waals surface area contributed by atoms with Gasteiger partial charge in [-0.05, 0) is 58.7 Å². The second-order valence-electron chi connectivity index (χ2n) is 8.16. The first-order valence-electron chi connectivity index (χ1n) is 10.8. The van der Waals surface area contributed by atoms with Crippen LogP contribution >= 0.6 is 0 Å². The molecule has 0 aromatic heterocycles. The number of nitrogens with one attached hydrogen (secondary N) is 1. The predicted octanol–water partition coefficient (Wildman–Crippen LogP) is 2.84. The minimum atomic E-state index is -0.629. The molecule has 1 heterocycles. The number of ether oxygens (including phenoxy) is 1. The summed E-state index contributed by atoms with van der Waals surface area (Å²) in [6, 6.07) is 13.1. The van der Waals surface area contributed by atoms with E-state index in [1.54, 1.807) is 23.1 Å². The number of fused-ring (bicyclic) bond motifs is 3. The Hall–Kier alpha value is -4.33. The van der Waals surface area contributed by atoms with E-state index in [0.29, 0.717) is 30.0 Å². The number of amides is 3. The van der Waals surface area contributed by atoms with Crippen molar-refractivity contribution in [2.24, 2.45) is 5.73 Å². The van der Waals surface area contributed by atoms with E-state index >= 15 is 0 Å². The molecule has 3 aromatic carbocycles. The van der Waals surface area contributed by atoms with Gasteiger partial charge in [-0.15, -0.1) is 0 Å². The van der Waals surface area contributed by atoms with Crippen LogP contribution in [-0.2, 0) is 11.3 Å². The number of methoxy groups -OCH3 is 1. The van der Waals surface area contributed by atoms with Gasteiger partial charge >= 0.3 is 0 Å². The number of carbonyl (C=O) groups is 3. The quantitative estimate of drug-likeness (QED) is 0.371. The number of hydrogen-bond donors (Lipinski definition) is 3. The van der Waals surface area contributed by atoms with Crippen molar-refractivity contribution in [2.45, 2.75) is 13.5 Å². The maximum absolute atomic E-state index is 12.9. The average molecular weight is 459 g/mol. The number of anilines is 1. The number of carbonyl (C=O) groups excluding carboxylic acids is 3. The van der Waals surface area contributed by atoms with Crippen LogP contribution in [0.1, 0.15) is 33.2 Å². The second kappa shape index (κ2) is 8.90. The SMILES string of the molecule is C=C(CN1Cc2c(ccc3ccc(-c4cc(OC)c(N)c(C(=O)NCC)c4)cc23)C1=O)C(N)=O. The first-order valence-corrected chi connectivity index (χ1v) is 10.8. The van der Waals surface area contributed by atoms with Gasteiger partial charge in [0, 0.05) is 24.2 Å². The Balaban J connectivity index is 1.80. The van der Waals surface area contributed by atoms with Gasteiger partial charge in [0.2, 0.25) is 5.91 Å². The molecule has 1 aliphatic heterocycles. The molecule has 34 heavy (non-hydrogen) atoms. The highest BCUT2D eigenvalue weighted by Gasteiger charge is 2.29. The fourth-order valence-corrected chi connectivity index (χ4v) is 4.21. The van der Waals surface area contributed by atoms with E-state index in [1.165, 1.54) is 7.11 Å². The molecule has 0 fully saturated rings. The topological polar surface area (TPSA) is 128 Å². The molecule has 8 heteroatoms. The zero-order valence-electron chi connectivity index (χ0n) is 19.1. The number of nitrogens with zero attached hydrogens (tertiary/aromatic N) is 1. The highest BCUT2D eigenvalue weighted by atomic mass is 16.5. The van der Waals surface area contributed by atoms with E-state index in [1.807, 2.05) is 31.2 Å². The second-order valence-corrected chi connectivity index (χ2v) is 8.16. The standard InChI is InChI=1S/C26H26N4O4/c1-4-29-25(32)20-10-17(11-22(34-3)23(20)27)16-6-5-15-7-8-18-21(19(15)9-16)13-30(26(18)33)12-14(2)24(28)31/h5-11H,2,4,12-13,27H2,1,3H3,(H2,28,31)(H,29,32). The monoisotopic (exact) mass is 458 g/mol. The highest BCUT2D eigenvalue weighted by Crippen LogP contribution is 2.36. The van der Waals surface area contributed by atoms with Crippen LogP contribution in [0.3, 0.4) is 0 Å². The molecule has 5 N–H and O–H groups in total. The Kier molecular flexibility index (Phi) is 5.98. The number of hydrogen-bond acceptors (Lipinski definition) is 5. The van der Waals surface area contributed by atoms with Crippen molar-refractivity contribution >= 4 is 34.2 Å². The van der Waals surface area contributed by atoms with E-state index in [-0.39, 0.29) is 29.6 Å². The van der Waals surface area contributed by atoms with Crippen LogP contribution in [0.15, 0.2) is 54.6 Å². The zero-order valence-corrected chi connectivity index (χ0v) is 19.1. The van der Waals surface area contributed by atoms with Gasteiger partial charge in [0.1, 0.15) is 5.75 Å². The molecule has 0 radical (unpaired) electrons. The molecule has 0 bridgehead atoms. The normalized spacial score (nSPS) is 12.5. The average Bonchev–Trinajstić information content (AvgIpc) is 3.14. The molecule has 0 saturated heterocycles. The number of rotatable bonds is 7. The van der Waals surface area contributed by atoms with E-state index in [0.717, 1.165) is 27.5 Å². The summed E-state index contributed by atoms with van der Waals surface area (Å²) >= 11 is 0. The minimum Gasteiger partial charge on any atom is -0.495 e. The van der Waals surface area contributed by atoms with Gasteiger partial charge in [-0.25, -0.2) is 0 Å². The molecular formula is C26H26N4O4. The number of benzene rings is 3. The third kappa shape index (κ3) is 3.94. The number of nitrogen functional groups attached to an aromatic ring is 1. The summed E-state index contributed by atoms with van der Waals surface area (Å²) < 4.78 is 5.42. The summed E-state index contributed by atoms with van der Waals surface area (Å²) in [5, 5.41) is 4.65. The lowest BCUT2D eigenvalue weighted by Crippen LogP contribution is -2.30. The maximum Gasteiger partial charge on any atom is 0.254 e. The van der Waals surface area contributed by atoms with Gasteiger partial charge in [0.05, 0.1) is 24.9 Å². The van der Waals surface area contributed by atoms with Gasteiger partial charge in [0.25, 0.3) is 11.8 Å². The van der Waals surface area contributed by atoms with Gasteiger partial charge in [-0.1, -0.05) is 24.8 Å². The highest BCUT2D eigenvalue weighted by molar-refractivity contribution is 6.06. The van der Waals surface area contributed by atoms with Crippen LogP contribution < -0.4 is 21.5 Å². The smallest absolute Gasteiger partial charge is 0.254 e. The van der Waals surface area contributed by atoms with Crippen molar-refractivity contribution in [3.8, 4) is 16.9 Å². The van der Waals surface area contributed by atoms with E-state index in [4.69, 9.17) is 16.2 Å². The number of nitrogens with two attached hydrogens (primary N) is 2. The zero-order chi connectivity index (χ0) is 24.6. The molecule has 0 aliphatic carbocycles. The summed E-state index contributed by atoms with van der Waals surface area (Å²) in [6.07, 6.45) is 0. The Morgan fingerprint density at radius 2 is 1.88 bits per heavy atom. The molecule has 0 spiro atoms. The first kappa shape index (κ1) is 22.8. The first-order chi connectivity index (χ1) is 16.2. The lowest BCUT2D eigenvalue weighted by Gasteiger charge is -2.15. The molecular weight excluding hydrogens is 432 g/mol. The third-order valence-electron chi connectivity index (χ3n) is 6.01. The van der Waals surface area contributed by atoms with Crippen molar-refractivity contribution in [1.29, 1.82) is 0 Å². The van der Waals surface area contributed by atoms with Crippen LogP contribution in [0.5, 0.6) is 5.75 Å². The van der Waals surface area contributed by atoms with Gasteiger partial charge in [-0.2, -0.15) is 0 Å². The van der Waals surface area contributed by atoms with Crippen molar-refractivity contribution in [2.75, 3.05) is 25.9 Å². The maximum atomic E-state index is 12.9. The van der Waals surface area contributed by atoms with Gasteiger partial charge < -0.3 is 26.4 Å². The summed E-state index contributed by atoms with van der Waals surface area (Å²) in [4.78, 5) is 38.4. The molecule has 174 valence electrons. The van der Waals surface area contributed by atoms with Gasteiger partial charge in [-0.3, -0.25) is 14.4 Å².